The second kappa shape index (κ2) is 4.82. The topological polar surface area (TPSA) is 64.6 Å². The van der Waals surface area contributed by atoms with Gasteiger partial charge in [0.1, 0.15) is 11.9 Å². The lowest BCUT2D eigenvalue weighted by atomic mass is 9.71. The minimum absolute atomic E-state index is 0.218. The van der Waals surface area contributed by atoms with Gasteiger partial charge in [0.2, 0.25) is 0 Å². The van der Waals surface area contributed by atoms with E-state index in [1.165, 1.54) is 0 Å². The SMILES string of the molecule is CC(C)(C)OC(=O)NOCC1(C=O)CCC1. The summed E-state index contributed by atoms with van der Waals surface area (Å²) in [4.78, 5) is 27.0. The Morgan fingerprint density at radius 3 is 2.44 bits per heavy atom. The van der Waals surface area contributed by atoms with Gasteiger partial charge >= 0.3 is 6.09 Å². The van der Waals surface area contributed by atoms with Crippen molar-refractivity contribution >= 4 is 12.4 Å². The number of aldehydes is 1. The Morgan fingerprint density at radius 2 is 2.06 bits per heavy atom. The molecule has 1 rings (SSSR count). The first-order chi connectivity index (χ1) is 7.37. The van der Waals surface area contributed by atoms with E-state index in [1.54, 1.807) is 20.8 Å². The maximum absolute atomic E-state index is 11.2. The number of carbonyl (C=O) groups excluding carboxylic acids is 2. The summed E-state index contributed by atoms with van der Waals surface area (Å²) in [6.45, 7) is 5.53. The van der Waals surface area contributed by atoms with E-state index in [0.717, 1.165) is 25.5 Å². The molecule has 0 aliphatic heterocycles. The standard InChI is InChI=1S/C11H19NO4/c1-10(2,3)16-9(14)12-15-8-11(7-13)5-4-6-11/h7H,4-6,8H2,1-3H3,(H,12,14). The van der Waals surface area contributed by atoms with Gasteiger partial charge < -0.3 is 9.53 Å². The minimum atomic E-state index is -0.632. The van der Waals surface area contributed by atoms with E-state index in [2.05, 4.69) is 5.48 Å². The van der Waals surface area contributed by atoms with Crippen LogP contribution in [0.3, 0.4) is 0 Å². The van der Waals surface area contributed by atoms with Gasteiger partial charge in [0.15, 0.2) is 0 Å². The van der Waals surface area contributed by atoms with Crippen molar-refractivity contribution < 1.29 is 19.2 Å². The number of nitrogens with one attached hydrogen (secondary N) is 1. The van der Waals surface area contributed by atoms with E-state index in [4.69, 9.17) is 9.57 Å². The highest BCUT2D eigenvalue weighted by Crippen LogP contribution is 2.38. The predicted octanol–water partition coefficient (Wildman–Crippen LogP) is 1.81. The first-order valence-corrected chi connectivity index (χ1v) is 5.44. The zero-order valence-electron chi connectivity index (χ0n) is 10.0. The average molecular weight is 229 g/mol. The summed E-state index contributed by atoms with van der Waals surface area (Å²) in [7, 11) is 0. The lowest BCUT2D eigenvalue weighted by Gasteiger charge is -2.35. The molecule has 5 heteroatoms. The summed E-state index contributed by atoms with van der Waals surface area (Å²) in [5.41, 5.74) is 1.23. The zero-order chi connectivity index (χ0) is 12.2. The molecule has 0 heterocycles. The van der Waals surface area contributed by atoms with Crippen LogP contribution in [0.25, 0.3) is 0 Å². The molecule has 1 aliphatic carbocycles. The molecule has 0 spiro atoms. The van der Waals surface area contributed by atoms with E-state index < -0.39 is 17.1 Å². The van der Waals surface area contributed by atoms with Gasteiger partial charge in [-0.2, -0.15) is 5.48 Å². The van der Waals surface area contributed by atoms with Gasteiger partial charge in [-0.05, 0) is 33.6 Å². The molecule has 0 aromatic rings. The molecule has 1 fully saturated rings. The first kappa shape index (κ1) is 13.0. The van der Waals surface area contributed by atoms with Crippen molar-refractivity contribution in [2.24, 2.45) is 5.41 Å². The van der Waals surface area contributed by atoms with Crippen molar-refractivity contribution in [1.82, 2.24) is 5.48 Å². The van der Waals surface area contributed by atoms with Gasteiger partial charge in [0, 0.05) is 0 Å². The summed E-state index contributed by atoms with van der Waals surface area (Å²) >= 11 is 0. The maximum Gasteiger partial charge on any atom is 0.431 e. The van der Waals surface area contributed by atoms with E-state index in [9.17, 15) is 9.59 Å². The van der Waals surface area contributed by atoms with Crippen LogP contribution in [-0.2, 0) is 14.4 Å². The summed E-state index contributed by atoms with van der Waals surface area (Å²) in [6, 6.07) is 0. The summed E-state index contributed by atoms with van der Waals surface area (Å²) in [6.07, 6.45) is 2.97. The second-order valence-corrected chi connectivity index (χ2v) is 5.23. The fraction of sp³-hybridized carbons (Fsp3) is 0.818. The Hall–Kier alpha value is -1.10. The monoisotopic (exact) mass is 229 g/mol. The number of hydroxylamine groups is 1. The van der Waals surface area contributed by atoms with Gasteiger partial charge in [-0.15, -0.1) is 0 Å². The van der Waals surface area contributed by atoms with Gasteiger partial charge in [-0.3, -0.25) is 4.84 Å². The summed E-state index contributed by atoms with van der Waals surface area (Å²) < 4.78 is 4.97. The van der Waals surface area contributed by atoms with Crippen LogP contribution in [0.1, 0.15) is 40.0 Å². The Labute approximate surface area is 95.4 Å². The highest BCUT2D eigenvalue weighted by atomic mass is 16.7. The number of rotatable bonds is 4. The zero-order valence-corrected chi connectivity index (χ0v) is 10.0. The van der Waals surface area contributed by atoms with Crippen molar-refractivity contribution in [3.05, 3.63) is 0 Å². The summed E-state index contributed by atoms with van der Waals surface area (Å²) in [5, 5.41) is 0. The Kier molecular flexibility index (Phi) is 3.91. The van der Waals surface area contributed by atoms with Crippen LogP contribution in [0.5, 0.6) is 0 Å². The van der Waals surface area contributed by atoms with Crippen LogP contribution in [0.4, 0.5) is 4.79 Å². The molecule has 1 saturated carbocycles. The number of ether oxygens (including phenoxy) is 1. The molecule has 0 unspecified atom stereocenters. The number of amides is 1. The van der Waals surface area contributed by atoms with Gasteiger partial charge in [-0.1, -0.05) is 6.42 Å². The number of hydrogen-bond acceptors (Lipinski definition) is 4. The van der Waals surface area contributed by atoms with Crippen LogP contribution >= 0.6 is 0 Å². The number of hydrogen-bond donors (Lipinski definition) is 1. The quantitative estimate of drug-likeness (QED) is 0.590. The molecule has 1 aliphatic rings. The molecule has 1 N–H and O–H groups in total. The lowest BCUT2D eigenvalue weighted by Crippen LogP contribution is -2.40. The highest BCUT2D eigenvalue weighted by molar-refractivity contribution is 5.66. The second-order valence-electron chi connectivity index (χ2n) is 5.23. The molecule has 5 nitrogen and oxygen atoms in total. The molecule has 0 aromatic carbocycles. The third-order valence-corrected chi connectivity index (χ3v) is 2.51. The summed E-state index contributed by atoms with van der Waals surface area (Å²) in [5.74, 6) is 0. The first-order valence-electron chi connectivity index (χ1n) is 5.44. The van der Waals surface area contributed by atoms with Gasteiger partial charge in [0.05, 0.1) is 12.0 Å². The highest BCUT2D eigenvalue weighted by Gasteiger charge is 2.37. The van der Waals surface area contributed by atoms with Crippen LogP contribution in [-0.4, -0.2) is 24.6 Å². The van der Waals surface area contributed by atoms with Crippen molar-refractivity contribution in [1.29, 1.82) is 0 Å². The third-order valence-electron chi connectivity index (χ3n) is 2.51. The largest absolute Gasteiger partial charge is 0.442 e. The molecule has 16 heavy (non-hydrogen) atoms. The maximum atomic E-state index is 11.2. The minimum Gasteiger partial charge on any atom is -0.442 e. The van der Waals surface area contributed by atoms with Crippen LogP contribution < -0.4 is 5.48 Å². The third kappa shape index (κ3) is 3.81. The molecule has 0 aromatic heterocycles. The van der Waals surface area contributed by atoms with Gasteiger partial charge in [-0.25, -0.2) is 4.79 Å². The molecule has 0 radical (unpaired) electrons. The van der Waals surface area contributed by atoms with Crippen LogP contribution in [0, 0.1) is 5.41 Å². The normalized spacial score (nSPS) is 18.4. The van der Waals surface area contributed by atoms with Crippen molar-refractivity contribution in [2.45, 2.75) is 45.6 Å². The van der Waals surface area contributed by atoms with Gasteiger partial charge in [0.25, 0.3) is 0 Å². The van der Waals surface area contributed by atoms with E-state index in [1.807, 2.05) is 0 Å². The molecule has 1 amide bonds. The number of carbonyl (C=O) groups is 2. The van der Waals surface area contributed by atoms with E-state index in [-0.39, 0.29) is 6.61 Å². The van der Waals surface area contributed by atoms with Crippen LogP contribution in [0.15, 0.2) is 0 Å². The fourth-order valence-corrected chi connectivity index (χ4v) is 1.46. The van der Waals surface area contributed by atoms with Crippen molar-refractivity contribution in [3.8, 4) is 0 Å². The smallest absolute Gasteiger partial charge is 0.431 e. The molecule has 92 valence electrons. The molecule has 0 saturated heterocycles. The van der Waals surface area contributed by atoms with Crippen molar-refractivity contribution in [3.63, 3.8) is 0 Å². The molecular weight excluding hydrogens is 210 g/mol. The lowest BCUT2D eigenvalue weighted by molar-refractivity contribution is -0.129. The average Bonchev–Trinajstić information content (AvgIpc) is 2.06. The van der Waals surface area contributed by atoms with Crippen molar-refractivity contribution in [2.75, 3.05) is 6.61 Å². The predicted molar refractivity (Wildman–Crippen MR) is 57.7 cm³/mol. The Balaban J connectivity index is 2.20. The molecule has 0 atom stereocenters. The Bertz CT molecular complexity index is 266. The molecule has 0 bridgehead atoms. The van der Waals surface area contributed by atoms with E-state index in [0.29, 0.717) is 0 Å². The fourth-order valence-electron chi connectivity index (χ4n) is 1.46. The van der Waals surface area contributed by atoms with Crippen LogP contribution in [0.2, 0.25) is 0 Å². The Morgan fingerprint density at radius 1 is 1.44 bits per heavy atom. The molecular formula is C11H19NO4. The van der Waals surface area contributed by atoms with E-state index >= 15 is 0 Å².